The van der Waals surface area contributed by atoms with Gasteiger partial charge in [0.05, 0.1) is 6.04 Å². The van der Waals surface area contributed by atoms with Crippen LogP contribution in [-0.4, -0.2) is 76.4 Å². The molecule has 7 nitrogen and oxygen atoms in total. The van der Waals surface area contributed by atoms with Crippen LogP contribution in [0.15, 0.2) is 48.5 Å². The van der Waals surface area contributed by atoms with E-state index in [4.69, 9.17) is 4.74 Å². The fraction of sp³-hybridized carbons (Fsp3) is 0.533. The summed E-state index contributed by atoms with van der Waals surface area (Å²) in [6.45, 7) is 9.63. The molecule has 0 bridgehead atoms. The summed E-state index contributed by atoms with van der Waals surface area (Å²) in [4.78, 5) is 30.6. The van der Waals surface area contributed by atoms with Gasteiger partial charge in [-0.2, -0.15) is 0 Å². The lowest BCUT2D eigenvalue weighted by Crippen LogP contribution is -2.54. The molecule has 0 aromatic heterocycles. The van der Waals surface area contributed by atoms with Crippen LogP contribution in [0.4, 0.5) is 9.18 Å². The first-order valence-corrected chi connectivity index (χ1v) is 13.5. The number of ether oxygens (including phenoxy) is 1. The molecule has 0 radical (unpaired) electrons. The zero-order chi connectivity index (χ0) is 27.4. The minimum absolute atomic E-state index is 0.113. The number of aryl methyl sites for hydroxylation is 1. The third-order valence-corrected chi connectivity index (χ3v) is 7.37. The minimum Gasteiger partial charge on any atom is -0.508 e. The number of hydrogen-bond acceptors (Lipinski definition) is 5. The molecule has 2 saturated heterocycles. The first kappa shape index (κ1) is 27.9. The number of amides is 2. The Morgan fingerprint density at radius 3 is 2.11 bits per heavy atom. The number of phenolic OH excluding ortho intramolecular Hbond substituents is 1. The predicted molar refractivity (Wildman–Crippen MR) is 144 cm³/mol. The number of piperazine rings is 1. The SMILES string of the molecule is Cc1ccc(C(c2ccc(O)cc2)N2CCN(C(=O)CC3CCN(C(=O)OC(C)(C)C)CC3)C(F)C2)cc1. The van der Waals surface area contributed by atoms with E-state index in [0.717, 1.165) is 16.7 Å². The molecule has 0 aliphatic carbocycles. The number of nitrogens with zero attached hydrogens (tertiary/aromatic N) is 3. The van der Waals surface area contributed by atoms with Crippen molar-refractivity contribution in [1.29, 1.82) is 0 Å². The zero-order valence-corrected chi connectivity index (χ0v) is 22.9. The Labute approximate surface area is 225 Å². The number of carbonyl (C=O) groups excluding carboxylic acids is 2. The molecule has 8 heteroatoms. The summed E-state index contributed by atoms with van der Waals surface area (Å²) in [5.41, 5.74) is 2.62. The van der Waals surface area contributed by atoms with Gasteiger partial charge in [-0.15, -0.1) is 0 Å². The maximum Gasteiger partial charge on any atom is 0.410 e. The molecule has 2 aliphatic heterocycles. The van der Waals surface area contributed by atoms with Crippen molar-refractivity contribution in [2.24, 2.45) is 5.92 Å². The molecule has 2 heterocycles. The molecule has 2 fully saturated rings. The van der Waals surface area contributed by atoms with Crippen molar-refractivity contribution >= 4 is 12.0 Å². The third kappa shape index (κ3) is 7.04. The lowest BCUT2D eigenvalue weighted by molar-refractivity contribution is -0.143. The van der Waals surface area contributed by atoms with Crippen LogP contribution in [0, 0.1) is 12.8 Å². The lowest BCUT2D eigenvalue weighted by atomic mass is 9.92. The first-order chi connectivity index (χ1) is 18.0. The summed E-state index contributed by atoms with van der Waals surface area (Å²) in [5.74, 6) is 0.153. The van der Waals surface area contributed by atoms with Crippen molar-refractivity contribution in [1.82, 2.24) is 14.7 Å². The average molecular weight is 526 g/mol. The molecule has 4 rings (SSSR count). The lowest BCUT2D eigenvalue weighted by Gasteiger charge is -2.42. The van der Waals surface area contributed by atoms with Gasteiger partial charge in [-0.3, -0.25) is 9.69 Å². The van der Waals surface area contributed by atoms with Gasteiger partial charge >= 0.3 is 6.09 Å². The Morgan fingerprint density at radius 1 is 0.974 bits per heavy atom. The molecule has 206 valence electrons. The molecule has 2 amide bonds. The Hall–Kier alpha value is -3.13. The highest BCUT2D eigenvalue weighted by Crippen LogP contribution is 2.33. The highest BCUT2D eigenvalue weighted by atomic mass is 19.1. The Kier molecular flexibility index (Phi) is 8.61. The van der Waals surface area contributed by atoms with Crippen LogP contribution in [0.3, 0.4) is 0 Å². The van der Waals surface area contributed by atoms with Crippen LogP contribution in [0.5, 0.6) is 5.75 Å². The monoisotopic (exact) mass is 525 g/mol. The minimum atomic E-state index is -1.40. The zero-order valence-electron chi connectivity index (χ0n) is 22.9. The molecule has 2 aromatic rings. The molecular formula is C30H40FN3O4. The van der Waals surface area contributed by atoms with E-state index >= 15 is 4.39 Å². The molecule has 2 aromatic carbocycles. The van der Waals surface area contributed by atoms with E-state index in [1.807, 2.05) is 52.0 Å². The number of rotatable bonds is 5. The molecule has 0 saturated carbocycles. The first-order valence-electron chi connectivity index (χ1n) is 13.5. The summed E-state index contributed by atoms with van der Waals surface area (Å²) < 4.78 is 21.0. The summed E-state index contributed by atoms with van der Waals surface area (Å²) >= 11 is 0. The number of hydrogen-bond donors (Lipinski definition) is 1. The molecule has 38 heavy (non-hydrogen) atoms. The second-order valence-corrected chi connectivity index (χ2v) is 11.5. The highest BCUT2D eigenvalue weighted by Gasteiger charge is 2.36. The number of benzene rings is 2. The molecule has 2 unspecified atom stereocenters. The highest BCUT2D eigenvalue weighted by molar-refractivity contribution is 5.77. The van der Waals surface area contributed by atoms with Gasteiger partial charge in [-0.05, 0) is 69.7 Å². The molecule has 1 N–H and O–H groups in total. The predicted octanol–water partition coefficient (Wildman–Crippen LogP) is 5.27. The second kappa shape index (κ2) is 11.7. The number of carbonyl (C=O) groups is 2. The van der Waals surface area contributed by atoms with Gasteiger partial charge in [0.25, 0.3) is 0 Å². The number of aromatic hydroxyl groups is 1. The van der Waals surface area contributed by atoms with E-state index in [1.165, 1.54) is 4.90 Å². The van der Waals surface area contributed by atoms with Gasteiger partial charge in [0.1, 0.15) is 11.4 Å². The molecule has 2 aliphatic rings. The van der Waals surface area contributed by atoms with Crippen molar-refractivity contribution in [3.05, 3.63) is 65.2 Å². The fourth-order valence-corrected chi connectivity index (χ4v) is 5.30. The van der Waals surface area contributed by atoms with Crippen LogP contribution in [-0.2, 0) is 9.53 Å². The van der Waals surface area contributed by atoms with Crippen molar-refractivity contribution in [3.63, 3.8) is 0 Å². The average Bonchev–Trinajstić information content (AvgIpc) is 2.86. The van der Waals surface area contributed by atoms with Crippen LogP contribution < -0.4 is 0 Å². The Morgan fingerprint density at radius 2 is 1.55 bits per heavy atom. The van der Waals surface area contributed by atoms with E-state index < -0.39 is 11.9 Å². The number of alkyl halides is 1. The van der Waals surface area contributed by atoms with Gasteiger partial charge < -0.3 is 19.6 Å². The van der Waals surface area contributed by atoms with Crippen molar-refractivity contribution < 1.29 is 23.8 Å². The summed E-state index contributed by atoms with van der Waals surface area (Å²) in [6, 6.07) is 15.1. The summed E-state index contributed by atoms with van der Waals surface area (Å²) in [7, 11) is 0. The van der Waals surface area contributed by atoms with E-state index in [-0.39, 0.29) is 36.3 Å². The number of piperidine rings is 1. The fourth-order valence-electron chi connectivity index (χ4n) is 5.30. The number of phenols is 1. The van der Waals surface area contributed by atoms with Gasteiger partial charge in [0.2, 0.25) is 5.91 Å². The van der Waals surface area contributed by atoms with Crippen molar-refractivity contribution in [3.8, 4) is 5.75 Å². The molecule has 2 atom stereocenters. The van der Waals surface area contributed by atoms with Crippen LogP contribution in [0.2, 0.25) is 0 Å². The third-order valence-electron chi connectivity index (χ3n) is 7.37. The quantitative estimate of drug-likeness (QED) is 0.539. The van der Waals surface area contributed by atoms with E-state index in [9.17, 15) is 14.7 Å². The van der Waals surface area contributed by atoms with E-state index in [0.29, 0.717) is 45.4 Å². The largest absolute Gasteiger partial charge is 0.508 e. The topological polar surface area (TPSA) is 73.3 Å². The second-order valence-electron chi connectivity index (χ2n) is 11.5. The van der Waals surface area contributed by atoms with E-state index in [1.54, 1.807) is 17.0 Å². The normalized spacial score (nSPS) is 20.3. The van der Waals surface area contributed by atoms with Gasteiger partial charge in [0.15, 0.2) is 6.30 Å². The van der Waals surface area contributed by atoms with Crippen molar-refractivity contribution in [2.45, 2.75) is 64.9 Å². The number of likely N-dealkylation sites (tertiary alicyclic amines) is 1. The maximum atomic E-state index is 15.5. The van der Waals surface area contributed by atoms with Gasteiger partial charge in [-0.1, -0.05) is 42.0 Å². The smallest absolute Gasteiger partial charge is 0.410 e. The van der Waals surface area contributed by atoms with Crippen molar-refractivity contribution in [2.75, 3.05) is 32.7 Å². The van der Waals surface area contributed by atoms with Crippen LogP contribution >= 0.6 is 0 Å². The standard InChI is InChI=1S/C30H40FN3O4/c1-21-5-7-23(8-6-21)28(24-9-11-25(35)12-10-24)33-17-18-34(26(31)20-33)27(36)19-22-13-15-32(16-14-22)29(37)38-30(2,3)4/h5-12,22,26,28,35H,13-20H2,1-4H3. The summed E-state index contributed by atoms with van der Waals surface area (Å²) in [5, 5.41) is 9.77. The van der Waals surface area contributed by atoms with Crippen LogP contribution in [0.25, 0.3) is 0 Å². The van der Waals surface area contributed by atoms with E-state index in [2.05, 4.69) is 17.0 Å². The van der Waals surface area contributed by atoms with Crippen LogP contribution in [0.1, 0.15) is 62.8 Å². The van der Waals surface area contributed by atoms with Gasteiger partial charge in [-0.25, -0.2) is 9.18 Å². The van der Waals surface area contributed by atoms with Gasteiger partial charge in [0, 0.05) is 39.1 Å². The Bertz CT molecular complexity index is 1050. The number of halogens is 1. The molecule has 0 spiro atoms. The maximum absolute atomic E-state index is 15.5. The molecular weight excluding hydrogens is 485 g/mol. The summed E-state index contributed by atoms with van der Waals surface area (Å²) in [6.07, 6.45) is -0.0135. The Balaban J connectivity index is 1.36.